The number of aliphatic hydroxyl groups excluding tert-OH is 1. The third-order valence-corrected chi connectivity index (χ3v) is 4.90. The lowest BCUT2D eigenvalue weighted by atomic mass is 9.99. The summed E-state index contributed by atoms with van der Waals surface area (Å²) < 4.78 is 5.93. The first-order chi connectivity index (χ1) is 14.0. The molecular weight excluding hydrogens is 396 g/mol. The second kappa shape index (κ2) is 9.13. The molecule has 0 spiro atoms. The smallest absolute Gasteiger partial charge is 0.269 e. The Hall–Kier alpha value is -2.81. The number of carbonyl (C=O) groups excluding carboxylic acids is 2. The maximum atomic E-state index is 12.2. The molecule has 2 aromatic heterocycles. The van der Waals surface area contributed by atoms with Gasteiger partial charge in [0, 0.05) is 24.4 Å². The van der Waals surface area contributed by atoms with E-state index in [1.54, 1.807) is 24.3 Å². The van der Waals surface area contributed by atoms with Gasteiger partial charge in [-0.1, -0.05) is 24.2 Å². The molecule has 1 aliphatic heterocycles. The summed E-state index contributed by atoms with van der Waals surface area (Å²) >= 11 is 6.12. The number of nitrogens with zero attached hydrogens (tertiary/aromatic N) is 3. The van der Waals surface area contributed by atoms with Crippen LogP contribution in [0.2, 0.25) is 5.15 Å². The van der Waals surface area contributed by atoms with Gasteiger partial charge in [0.1, 0.15) is 17.0 Å². The van der Waals surface area contributed by atoms with E-state index in [9.17, 15) is 14.7 Å². The summed E-state index contributed by atoms with van der Waals surface area (Å²) in [5.41, 5.74) is 2.13. The van der Waals surface area contributed by atoms with Gasteiger partial charge in [0.15, 0.2) is 0 Å². The summed E-state index contributed by atoms with van der Waals surface area (Å²) in [5, 5.41) is 12.4. The molecule has 1 saturated heterocycles. The van der Waals surface area contributed by atoms with Gasteiger partial charge >= 0.3 is 0 Å². The number of aliphatic hydroxyl groups is 1. The lowest BCUT2D eigenvalue weighted by Gasteiger charge is -2.38. The zero-order chi connectivity index (χ0) is 21.0. The van der Waals surface area contributed by atoms with Gasteiger partial charge in [0.25, 0.3) is 5.91 Å². The van der Waals surface area contributed by atoms with Crippen molar-refractivity contribution in [3.05, 3.63) is 59.5 Å². The Bertz CT molecular complexity index is 936. The second-order valence-corrected chi connectivity index (χ2v) is 6.82. The number of ether oxygens (including phenoxy) is 1. The minimum atomic E-state index is -0.488. The van der Waals surface area contributed by atoms with Crippen LogP contribution in [0.1, 0.15) is 22.2 Å². The quantitative estimate of drug-likeness (QED) is 0.566. The number of pyridine rings is 2. The summed E-state index contributed by atoms with van der Waals surface area (Å²) in [6.07, 6.45) is 2.24. The first-order valence-electron chi connectivity index (χ1n) is 8.99. The Balaban J connectivity index is 2.01. The average molecular weight is 417 g/mol. The van der Waals surface area contributed by atoms with Crippen LogP contribution in [0, 0.1) is 0 Å². The van der Waals surface area contributed by atoms with Crippen molar-refractivity contribution in [3.63, 3.8) is 0 Å². The fraction of sp³-hybridized carbons (Fsp3) is 0.300. The second-order valence-electron chi connectivity index (χ2n) is 6.43. The highest BCUT2D eigenvalue weighted by Gasteiger charge is 2.33. The molecule has 0 aromatic carbocycles. The highest BCUT2D eigenvalue weighted by molar-refractivity contribution is 6.29. The van der Waals surface area contributed by atoms with E-state index >= 15 is 0 Å². The van der Waals surface area contributed by atoms with Crippen molar-refractivity contribution in [2.45, 2.75) is 12.1 Å². The molecule has 2 amide bonds. The van der Waals surface area contributed by atoms with Crippen molar-refractivity contribution in [1.82, 2.24) is 20.2 Å². The highest BCUT2D eigenvalue weighted by atomic mass is 35.5. The largest absolute Gasteiger partial charge is 0.394 e. The number of hydrogen-bond donors (Lipinski definition) is 2. The zero-order valence-electron chi connectivity index (χ0n) is 15.8. The average Bonchev–Trinajstić information content (AvgIpc) is 2.77. The van der Waals surface area contributed by atoms with Gasteiger partial charge in [-0.05, 0) is 24.3 Å². The van der Waals surface area contributed by atoms with Gasteiger partial charge in [0.05, 0.1) is 31.5 Å². The molecule has 1 aliphatic rings. The van der Waals surface area contributed by atoms with Crippen LogP contribution in [0.3, 0.4) is 0 Å². The molecule has 1 fully saturated rings. The van der Waals surface area contributed by atoms with Gasteiger partial charge < -0.3 is 20.1 Å². The molecule has 2 atom stereocenters. The van der Waals surface area contributed by atoms with Gasteiger partial charge in [-0.3, -0.25) is 14.6 Å². The third-order valence-electron chi connectivity index (χ3n) is 4.69. The Labute approximate surface area is 173 Å². The van der Waals surface area contributed by atoms with E-state index < -0.39 is 12.1 Å². The van der Waals surface area contributed by atoms with Crippen molar-refractivity contribution in [2.24, 2.45) is 0 Å². The molecule has 3 rings (SSSR count). The van der Waals surface area contributed by atoms with Gasteiger partial charge in [-0.2, -0.15) is 0 Å². The minimum Gasteiger partial charge on any atom is -0.394 e. The predicted molar refractivity (Wildman–Crippen MR) is 107 cm³/mol. The van der Waals surface area contributed by atoms with Crippen LogP contribution in [-0.2, 0) is 9.53 Å². The Kier molecular flexibility index (Phi) is 6.58. The molecular formula is C20H21ClN4O4. The topological polar surface area (TPSA) is 105 Å². The number of carbonyl (C=O) groups is 2. The molecule has 8 nitrogen and oxygen atoms in total. The highest BCUT2D eigenvalue weighted by Crippen LogP contribution is 2.33. The van der Waals surface area contributed by atoms with Gasteiger partial charge in [-0.25, -0.2) is 4.98 Å². The van der Waals surface area contributed by atoms with Crippen LogP contribution in [0.5, 0.6) is 0 Å². The molecule has 0 aliphatic carbocycles. The van der Waals surface area contributed by atoms with E-state index in [0.29, 0.717) is 16.8 Å². The molecule has 2 N–H and O–H groups in total. The maximum Gasteiger partial charge on any atom is 0.269 e. The molecule has 0 radical (unpaired) electrons. The molecule has 9 heteroatoms. The van der Waals surface area contributed by atoms with Crippen molar-refractivity contribution >= 4 is 23.4 Å². The van der Waals surface area contributed by atoms with Crippen LogP contribution in [0.4, 0.5) is 0 Å². The summed E-state index contributed by atoms with van der Waals surface area (Å²) in [5.74, 6) is -0.607. The lowest BCUT2D eigenvalue weighted by Crippen LogP contribution is -2.50. The molecule has 2 aromatic rings. The number of halogens is 1. The van der Waals surface area contributed by atoms with Crippen molar-refractivity contribution < 1.29 is 19.4 Å². The van der Waals surface area contributed by atoms with Crippen LogP contribution >= 0.6 is 11.6 Å². The van der Waals surface area contributed by atoms with Crippen molar-refractivity contribution in [3.8, 4) is 11.3 Å². The summed E-state index contributed by atoms with van der Waals surface area (Å²) in [7, 11) is 1.53. The number of nitrogens with one attached hydrogen (secondary N) is 1. The summed E-state index contributed by atoms with van der Waals surface area (Å²) in [4.78, 5) is 34.2. The van der Waals surface area contributed by atoms with Gasteiger partial charge in [-0.15, -0.1) is 0 Å². The fourth-order valence-corrected chi connectivity index (χ4v) is 3.34. The number of aromatic nitrogens is 2. The molecule has 0 unspecified atom stereocenters. The first kappa shape index (κ1) is 20.9. The van der Waals surface area contributed by atoms with Crippen LogP contribution in [0.25, 0.3) is 11.3 Å². The number of hydrogen-bond acceptors (Lipinski definition) is 6. The van der Waals surface area contributed by atoms with E-state index in [-0.39, 0.29) is 42.4 Å². The molecule has 0 saturated carbocycles. The maximum absolute atomic E-state index is 12.2. The van der Waals surface area contributed by atoms with Gasteiger partial charge in [0.2, 0.25) is 5.91 Å². The third kappa shape index (κ3) is 4.45. The van der Waals surface area contributed by atoms with Crippen molar-refractivity contribution in [1.29, 1.82) is 0 Å². The molecule has 152 valence electrons. The SMILES string of the molecule is C=CC(=O)N1C[C@H](c2ccc(Cl)nc2-c2ccnc(C(=O)NC)c2)OC[C@H]1CO. The summed E-state index contributed by atoms with van der Waals surface area (Å²) in [6, 6.07) is 6.32. The lowest BCUT2D eigenvalue weighted by molar-refractivity contribution is -0.142. The van der Waals surface area contributed by atoms with Crippen molar-refractivity contribution in [2.75, 3.05) is 26.8 Å². The molecule has 3 heterocycles. The van der Waals surface area contributed by atoms with Crippen LogP contribution < -0.4 is 5.32 Å². The standard InChI is InChI=1S/C20H21ClN4O4/c1-3-18(27)25-9-16(29-11-13(25)10-26)14-4-5-17(21)24-19(14)12-6-7-23-15(8-12)20(28)22-2/h3-8,13,16,26H,1,9-11H2,2H3,(H,22,28)/t13-,16-/m1/s1. The number of morpholine rings is 1. The van der Waals surface area contributed by atoms with E-state index in [1.807, 2.05) is 0 Å². The Morgan fingerprint density at radius 1 is 1.45 bits per heavy atom. The van der Waals surface area contributed by atoms with Crippen LogP contribution in [0.15, 0.2) is 43.1 Å². The Morgan fingerprint density at radius 2 is 2.24 bits per heavy atom. The normalized spacial score (nSPS) is 18.9. The Morgan fingerprint density at radius 3 is 2.93 bits per heavy atom. The number of rotatable bonds is 5. The predicted octanol–water partition coefficient (Wildman–Crippen LogP) is 1.60. The fourth-order valence-electron chi connectivity index (χ4n) is 3.19. The minimum absolute atomic E-state index is 0.169. The van der Waals surface area contributed by atoms with E-state index in [1.165, 1.54) is 24.2 Å². The monoisotopic (exact) mass is 416 g/mol. The molecule has 29 heavy (non-hydrogen) atoms. The number of amides is 2. The van der Waals surface area contributed by atoms with E-state index in [2.05, 4.69) is 21.9 Å². The van der Waals surface area contributed by atoms with E-state index in [4.69, 9.17) is 16.3 Å². The first-order valence-corrected chi connectivity index (χ1v) is 9.36. The summed E-state index contributed by atoms with van der Waals surface area (Å²) in [6.45, 7) is 3.71. The van der Waals surface area contributed by atoms with E-state index in [0.717, 1.165) is 0 Å². The van der Waals surface area contributed by atoms with Crippen LogP contribution in [-0.4, -0.2) is 64.6 Å². The zero-order valence-corrected chi connectivity index (χ0v) is 16.6. The molecule has 0 bridgehead atoms.